The fraction of sp³-hybridized carbons (Fsp3) is 0.500. The Bertz CT molecular complexity index is 657. The molecule has 1 N–H and O–H groups in total. The average molecular weight is 376 g/mol. The largest absolute Gasteiger partial charge is 0.478 e. The number of hydrogen-bond acceptors (Lipinski definition) is 3. The average Bonchev–Trinajstić information content (AvgIpc) is 2.89. The quantitative estimate of drug-likeness (QED) is 0.877. The van der Waals surface area contributed by atoms with Gasteiger partial charge in [0.2, 0.25) is 10.0 Å². The highest BCUT2D eigenvalue weighted by Gasteiger charge is 2.35. The highest BCUT2D eigenvalue weighted by atomic mass is 79.9. The van der Waals surface area contributed by atoms with Crippen molar-refractivity contribution in [2.24, 2.45) is 11.8 Å². The van der Waals surface area contributed by atoms with Gasteiger partial charge in [0.05, 0.1) is 10.5 Å². The topological polar surface area (TPSA) is 74.7 Å². The number of rotatable bonds is 4. The van der Waals surface area contributed by atoms with Crippen molar-refractivity contribution in [3.8, 4) is 0 Å². The van der Waals surface area contributed by atoms with Crippen LogP contribution in [0.2, 0.25) is 0 Å². The first kappa shape index (κ1) is 16.5. The number of carboxylic acids is 1. The summed E-state index contributed by atoms with van der Waals surface area (Å²) in [5, 5.41) is 9.02. The second-order valence-corrected chi connectivity index (χ2v) is 8.37. The molecule has 0 saturated carbocycles. The number of halogens is 1. The van der Waals surface area contributed by atoms with Crippen LogP contribution in [-0.4, -0.2) is 36.9 Å². The minimum absolute atomic E-state index is 0.0202. The summed E-state index contributed by atoms with van der Waals surface area (Å²) in [7, 11) is -3.67. The molecular formula is C14H18BrNO4S. The molecule has 2 rings (SSSR count). The standard InChI is InChI=1S/C14H18BrNO4S/c1-9(2)11-5-6-16(8-11)21(19,20)13-7-10(14(17)18)3-4-12(13)15/h3-4,7,9,11H,5-6,8H2,1-2H3,(H,17,18). The Morgan fingerprint density at radius 3 is 2.62 bits per heavy atom. The molecule has 1 aromatic carbocycles. The maximum absolute atomic E-state index is 12.7. The smallest absolute Gasteiger partial charge is 0.335 e. The molecule has 1 heterocycles. The molecule has 116 valence electrons. The molecular weight excluding hydrogens is 358 g/mol. The zero-order chi connectivity index (χ0) is 15.8. The number of hydrogen-bond donors (Lipinski definition) is 1. The SMILES string of the molecule is CC(C)C1CCN(S(=O)(=O)c2cc(C(=O)O)ccc2Br)C1. The van der Waals surface area contributed by atoms with Gasteiger partial charge in [0.25, 0.3) is 0 Å². The van der Waals surface area contributed by atoms with Crippen molar-refractivity contribution in [3.63, 3.8) is 0 Å². The van der Waals surface area contributed by atoms with Crippen molar-refractivity contribution >= 4 is 31.9 Å². The van der Waals surface area contributed by atoms with E-state index >= 15 is 0 Å². The van der Waals surface area contributed by atoms with Crippen LogP contribution in [0.15, 0.2) is 27.6 Å². The molecule has 1 atom stereocenters. The summed E-state index contributed by atoms with van der Waals surface area (Å²) in [5.41, 5.74) is -0.0311. The minimum atomic E-state index is -3.67. The molecule has 0 spiro atoms. The number of nitrogens with zero attached hydrogens (tertiary/aromatic N) is 1. The van der Waals surface area contributed by atoms with Crippen LogP contribution in [0.4, 0.5) is 0 Å². The van der Waals surface area contributed by atoms with E-state index in [1.54, 1.807) is 0 Å². The van der Waals surface area contributed by atoms with Gasteiger partial charge in [0.15, 0.2) is 0 Å². The Balaban J connectivity index is 2.36. The third-order valence-corrected chi connectivity index (χ3v) is 6.79. The molecule has 7 heteroatoms. The molecule has 1 fully saturated rings. The van der Waals surface area contributed by atoms with Crippen LogP contribution in [0.1, 0.15) is 30.6 Å². The van der Waals surface area contributed by atoms with Crippen LogP contribution in [0.5, 0.6) is 0 Å². The molecule has 0 aliphatic carbocycles. The summed E-state index contributed by atoms with van der Waals surface area (Å²) < 4.78 is 27.2. The van der Waals surface area contributed by atoms with Crippen LogP contribution in [0.3, 0.4) is 0 Å². The summed E-state index contributed by atoms with van der Waals surface area (Å²) in [6.45, 7) is 5.14. The van der Waals surface area contributed by atoms with Crippen LogP contribution in [0, 0.1) is 11.8 Å². The van der Waals surface area contributed by atoms with Gasteiger partial charge in [-0.2, -0.15) is 4.31 Å². The van der Waals surface area contributed by atoms with E-state index in [9.17, 15) is 13.2 Å². The maximum Gasteiger partial charge on any atom is 0.335 e. The number of carboxylic acid groups (broad SMARTS) is 1. The number of carbonyl (C=O) groups is 1. The Labute approximate surface area is 133 Å². The van der Waals surface area contributed by atoms with Crippen molar-refractivity contribution in [1.82, 2.24) is 4.31 Å². The zero-order valence-corrected chi connectivity index (χ0v) is 14.3. The van der Waals surface area contributed by atoms with Gasteiger partial charge in [-0.05, 0) is 52.4 Å². The van der Waals surface area contributed by atoms with E-state index < -0.39 is 16.0 Å². The summed E-state index contributed by atoms with van der Waals surface area (Å²) in [5.74, 6) is -0.361. The molecule has 0 amide bonds. The maximum atomic E-state index is 12.7. The summed E-state index contributed by atoms with van der Waals surface area (Å²) in [4.78, 5) is 11.1. The Morgan fingerprint density at radius 2 is 2.10 bits per heavy atom. The molecule has 0 aromatic heterocycles. The molecule has 0 bridgehead atoms. The molecule has 1 unspecified atom stereocenters. The molecule has 1 saturated heterocycles. The fourth-order valence-electron chi connectivity index (χ4n) is 2.49. The lowest BCUT2D eigenvalue weighted by Gasteiger charge is -2.19. The van der Waals surface area contributed by atoms with Crippen LogP contribution >= 0.6 is 15.9 Å². The van der Waals surface area contributed by atoms with Crippen LogP contribution in [-0.2, 0) is 10.0 Å². The number of benzene rings is 1. The van der Waals surface area contributed by atoms with Gasteiger partial charge in [-0.3, -0.25) is 0 Å². The summed E-state index contributed by atoms with van der Waals surface area (Å²) in [6.07, 6.45) is 0.840. The Kier molecular flexibility index (Phi) is 4.75. The molecule has 1 aliphatic rings. The van der Waals surface area contributed by atoms with Crippen molar-refractivity contribution in [2.75, 3.05) is 13.1 Å². The highest BCUT2D eigenvalue weighted by molar-refractivity contribution is 9.10. The summed E-state index contributed by atoms with van der Waals surface area (Å²) in [6, 6.07) is 4.06. The van der Waals surface area contributed by atoms with Gasteiger partial charge in [-0.1, -0.05) is 13.8 Å². The van der Waals surface area contributed by atoms with Gasteiger partial charge in [-0.15, -0.1) is 0 Å². The third-order valence-electron chi connectivity index (χ3n) is 3.93. The van der Waals surface area contributed by atoms with E-state index in [4.69, 9.17) is 5.11 Å². The van der Waals surface area contributed by atoms with Gasteiger partial charge < -0.3 is 5.11 Å². The minimum Gasteiger partial charge on any atom is -0.478 e. The van der Waals surface area contributed by atoms with E-state index in [-0.39, 0.29) is 10.5 Å². The second kappa shape index (κ2) is 6.06. The normalized spacial score (nSPS) is 20.1. The summed E-state index contributed by atoms with van der Waals surface area (Å²) >= 11 is 3.21. The lowest BCUT2D eigenvalue weighted by molar-refractivity contribution is 0.0696. The lowest BCUT2D eigenvalue weighted by atomic mass is 9.96. The Morgan fingerprint density at radius 1 is 1.43 bits per heavy atom. The number of sulfonamides is 1. The monoisotopic (exact) mass is 375 g/mol. The highest BCUT2D eigenvalue weighted by Crippen LogP contribution is 2.32. The first-order valence-corrected chi connectivity index (χ1v) is 8.99. The van der Waals surface area contributed by atoms with Crippen molar-refractivity contribution in [1.29, 1.82) is 0 Å². The van der Waals surface area contributed by atoms with Gasteiger partial charge in [0, 0.05) is 17.6 Å². The van der Waals surface area contributed by atoms with Gasteiger partial charge >= 0.3 is 5.97 Å². The third kappa shape index (κ3) is 3.30. The van der Waals surface area contributed by atoms with Crippen LogP contribution < -0.4 is 0 Å². The zero-order valence-electron chi connectivity index (χ0n) is 11.9. The van der Waals surface area contributed by atoms with Gasteiger partial charge in [-0.25, -0.2) is 13.2 Å². The molecule has 1 aromatic rings. The predicted molar refractivity (Wildman–Crippen MR) is 82.8 cm³/mol. The Hall–Kier alpha value is -0.920. The van der Waals surface area contributed by atoms with Crippen LogP contribution in [0.25, 0.3) is 0 Å². The van der Waals surface area contributed by atoms with E-state index in [2.05, 4.69) is 29.8 Å². The second-order valence-electron chi connectivity index (χ2n) is 5.61. The molecule has 5 nitrogen and oxygen atoms in total. The molecule has 0 radical (unpaired) electrons. The first-order chi connectivity index (χ1) is 9.73. The van der Waals surface area contributed by atoms with Gasteiger partial charge in [0.1, 0.15) is 0 Å². The molecule has 21 heavy (non-hydrogen) atoms. The first-order valence-electron chi connectivity index (χ1n) is 6.76. The molecule has 1 aliphatic heterocycles. The van der Waals surface area contributed by atoms with E-state index in [1.807, 2.05) is 0 Å². The predicted octanol–water partition coefficient (Wildman–Crippen LogP) is 2.81. The number of aromatic carboxylic acids is 1. The van der Waals surface area contributed by atoms with E-state index in [0.29, 0.717) is 29.4 Å². The van der Waals surface area contributed by atoms with Crippen molar-refractivity contribution in [2.45, 2.75) is 25.2 Å². The van der Waals surface area contributed by atoms with Crippen molar-refractivity contribution in [3.05, 3.63) is 28.2 Å². The fourth-order valence-corrected chi connectivity index (χ4v) is 4.95. The van der Waals surface area contributed by atoms with E-state index in [1.165, 1.54) is 22.5 Å². The lowest BCUT2D eigenvalue weighted by Crippen LogP contribution is -2.30. The van der Waals surface area contributed by atoms with E-state index in [0.717, 1.165) is 6.42 Å². The van der Waals surface area contributed by atoms with Crippen molar-refractivity contribution < 1.29 is 18.3 Å².